The number of likely N-dealkylation sites (N-methyl/N-ethyl adjacent to an activating group) is 1. The second-order valence-electron chi connectivity index (χ2n) is 3.11. The lowest BCUT2D eigenvalue weighted by atomic mass is 10.3. The first kappa shape index (κ1) is 13.2. The Morgan fingerprint density at radius 3 is 2.50 bits per heavy atom. The SMILES string of the molecule is C=CC(=C)N(C)CCCCS(=O)(=O)O. The second-order valence-corrected chi connectivity index (χ2v) is 4.68. The average molecular weight is 219 g/mol. The van der Waals surface area contributed by atoms with Gasteiger partial charge in [0.1, 0.15) is 0 Å². The van der Waals surface area contributed by atoms with Crippen LogP contribution in [0.2, 0.25) is 0 Å². The Labute approximate surface area is 85.7 Å². The number of hydrogen-bond acceptors (Lipinski definition) is 3. The minimum Gasteiger partial charge on any atom is -0.375 e. The van der Waals surface area contributed by atoms with Crippen LogP contribution < -0.4 is 0 Å². The number of unbranched alkanes of at least 4 members (excludes halogenated alkanes) is 1. The molecule has 0 rings (SSSR count). The average Bonchev–Trinajstić information content (AvgIpc) is 2.09. The topological polar surface area (TPSA) is 57.6 Å². The molecule has 0 spiro atoms. The predicted octanol–water partition coefficient (Wildman–Crippen LogP) is 1.29. The maximum absolute atomic E-state index is 10.4. The summed E-state index contributed by atoms with van der Waals surface area (Å²) in [6.45, 7) is 8.02. The smallest absolute Gasteiger partial charge is 0.264 e. The van der Waals surface area contributed by atoms with E-state index in [0.717, 1.165) is 5.70 Å². The Balaban J connectivity index is 3.65. The Hall–Kier alpha value is -0.810. The van der Waals surface area contributed by atoms with Gasteiger partial charge >= 0.3 is 0 Å². The van der Waals surface area contributed by atoms with E-state index in [4.69, 9.17) is 4.55 Å². The number of nitrogens with zero attached hydrogens (tertiary/aromatic N) is 1. The highest BCUT2D eigenvalue weighted by atomic mass is 32.2. The summed E-state index contributed by atoms with van der Waals surface area (Å²) in [4.78, 5) is 1.89. The lowest BCUT2D eigenvalue weighted by Crippen LogP contribution is -2.18. The van der Waals surface area contributed by atoms with E-state index >= 15 is 0 Å². The van der Waals surface area contributed by atoms with Crippen molar-refractivity contribution in [3.05, 3.63) is 24.9 Å². The molecule has 0 atom stereocenters. The predicted molar refractivity (Wildman–Crippen MR) is 57.6 cm³/mol. The van der Waals surface area contributed by atoms with Crippen molar-refractivity contribution in [3.63, 3.8) is 0 Å². The Bertz CT molecular complexity index is 295. The largest absolute Gasteiger partial charge is 0.375 e. The van der Waals surface area contributed by atoms with Gasteiger partial charge in [-0.3, -0.25) is 4.55 Å². The Morgan fingerprint density at radius 1 is 1.50 bits per heavy atom. The summed E-state index contributed by atoms with van der Waals surface area (Å²) in [5, 5.41) is 0. The van der Waals surface area contributed by atoms with Crippen LogP contribution in [0.1, 0.15) is 12.8 Å². The molecule has 0 aliphatic carbocycles. The van der Waals surface area contributed by atoms with Crippen LogP contribution in [0.5, 0.6) is 0 Å². The molecular weight excluding hydrogens is 202 g/mol. The van der Waals surface area contributed by atoms with Gasteiger partial charge in [0.2, 0.25) is 0 Å². The number of hydrogen-bond donors (Lipinski definition) is 1. The molecule has 0 saturated heterocycles. The van der Waals surface area contributed by atoms with Gasteiger partial charge in [0, 0.05) is 19.3 Å². The van der Waals surface area contributed by atoms with Gasteiger partial charge in [-0.25, -0.2) is 0 Å². The normalized spacial score (nSPS) is 11.0. The van der Waals surface area contributed by atoms with Gasteiger partial charge in [0.25, 0.3) is 10.1 Å². The molecule has 0 radical (unpaired) electrons. The first-order chi connectivity index (χ1) is 6.37. The Morgan fingerprint density at radius 2 is 2.07 bits per heavy atom. The highest BCUT2D eigenvalue weighted by molar-refractivity contribution is 7.85. The van der Waals surface area contributed by atoms with E-state index in [1.807, 2.05) is 11.9 Å². The van der Waals surface area contributed by atoms with Gasteiger partial charge in [-0.2, -0.15) is 8.42 Å². The van der Waals surface area contributed by atoms with Crippen LogP contribution >= 0.6 is 0 Å². The molecule has 82 valence electrons. The van der Waals surface area contributed by atoms with Crippen molar-refractivity contribution in [1.82, 2.24) is 4.90 Å². The summed E-state index contributed by atoms with van der Waals surface area (Å²) >= 11 is 0. The van der Waals surface area contributed by atoms with Crippen LogP contribution in [0.15, 0.2) is 24.9 Å². The van der Waals surface area contributed by atoms with Crippen molar-refractivity contribution in [3.8, 4) is 0 Å². The summed E-state index contributed by atoms with van der Waals surface area (Å²) in [6.07, 6.45) is 2.79. The fourth-order valence-electron chi connectivity index (χ4n) is 0.933. The number of allylic oxidation sites excluding steroid dienone is 1. The lowest BCUT2D eigenvalue weighted by molar-refractivity contribution is 0.416. The third-order valence-electron chi connectivity index (χ3n) is 1.87. The van der Waals surface area contributed by atoms with E-state index in [1.54, 1.807) is 6.08 Å². The fraction of sp³-hybridized carbons (Fsp3) is 0.556. The maximum atomic E-state index is 10.4. The van der Waals surface area contributed by atoms with Crippen LogP contribution in [-0.4, -0.2) is 37.2 Å². The minimum absolute atomic E-state index is 0.179. The van der Waals surface area contributed by atoms with Crippen LogP contribution in [-0.2, 0) is 10.1 Å². The molecule has 0 aromatic carbocycles. The molecule has 0 aromatic heterocycles. The summed E-state index contributed by atoms with van der Waals surface area (Å²) in [6, 6.07) is 0. The number of rotatable bonds is 7. The third-order valence-corrected chi connectivity index (χ3v) is 2.68. The molecule has 0 heterocycles. The van der Waals surface area contributed by atoms with E-state index in [9.17, 15) is 8.42 Å². The third kappa shape index (κ3) is 6.68. The zero-order chi connectivity index (χ0) is 11.2. The molecule has 0 saturated carbocycles. The molecule has 0 amide bonds. The Kier molecular flexibility index (Phi) is 5.49. The maximum Gasteiger partial charge on any atom is 0.264 e. The molecule has 14 heavy (non-hydrogen) atoms. The van der Waals surface area contributed by atoms with Crippen molar-refractivity contribution in [2.24, 2.45) is 0 Å². The molecule has 0 aliphatic heterocycles. The fourth-order valence-corrected chi connectivity index (χ4v) is 1.50. The van der Waals surface area contributed by atoms with Crippen LogP contribution in [0.4, 0.5) is 0 Å². The molecule has 0 aromatic rings. The molecule has 0 unspecified atom stereocenters. The van der Waals surface area contributed by atoms with Crippen molar-refractivity contribution in [2.45, 2.75) is 12.8 Å². The van der Waals surface area contributed by atoms with Crippen molar-refractivity contribution >= 4 is 10.1 Å². The monoisotopic (exact) mass is 219 g/mol. The summed E-state index contributed by atoms with van der Waals surface area (Å²) < 4.78 is 29.2. The quantitative estimate of drug-likeness (QED) is 0.398. The van der Waals surface area contributed by atoms with Gasteiger partial charge in [0.05, 0.1) is 5.75 Å². The van der Waals surface area contributed by atoms with Gasteiger partial charge in [-0.05, 0) is 18.9 Å². The molecule has 0 fully saturated rings. The zero-order valence-electron chi connectivity index (χ0n) is 8.44. The summed E-state index contributed by atoms with van der Waals surface area (Å²) in [5.74, 6) is -0.179. The zero-order valence-corrected chi connectivity index (χ0v) is 9.26. The molecule has 4 nitrogen and oxygen atoms in total. The van der Waals surface area contributed by atoms with E-state index in [1.165, 1.54) is 0 Å². The standard InChI is InChI=1S/C9H17NO3S/c1-4-9(2)10(3)7-5-6-8-14(11,12)13/h4H,1-2,5-8H2,3H3,(H,11,12,13). The van der Waals surface area contributed by atoms with E-state index in [-0.39, 0.29) is 5.75 Å². The van der Waals surface area contributed by atoms with E-state index in [0.29, 0.717) is 19.4 Å². The molecule has 5 heteroatoms. The van der Waals surface area contributed by atoms with Crippen molar-refractivity contribution in [1.29, 1.82) is 0 Å². The lowest BCUT2D eigenvalue weighted by Gasteiger charge is -2.18. The van der Waals surface area contributed by atoms with Gasteiger partial charge < -0.3 is 4.90 Å². The second kappa shape index (κ2) is 5.82. The molecule has 0 aliphatic rings. The highest BCUT2D eigenvalue weighted by Crippen LogP contribution is 2.02. The van der Waals surface area contributed by atoms with Crippen LogP contribution in [0, 0.1) is 0 Å². The molecule has 0 bridgehead atoms. The van der Waals surface area contributed by atoms with E-state index < -0.39 is 10.1 Å². The minimum atomic E-state index is -3.81. The first-order valence-corrected chi connectivity index (χ1v) is 5.95. The highest BCUT2D eigenvalue weighted by Gasteiger charge is 2.04. The van der Waals surface area contributed by atoms with Crippen molar-refractivity contribution in [2.75, 3.05) is 19.3 Å². The van der Waals surface area contributed by atoms with Crippen molar-refractivity contribution < 1.29 is 13.0 Å². The molecule has 1 N–H and O–H groups in total. The summed E-state index contributed by atoms with van der Waals surface area (Å²) in [7, 11) is -1.95. The van der Waals surface area contributed by atoms with Gasteiger partial charge in [-0.1, -0.05) is 13.2 Å². The van der Waals surface area contributed by atoms with E-state index in [2.05, 4.69) is 13.2 Å². The van der Waals surface area contributed by atoms with Crippen LogP contribution in [0.3, 0.4) is 0 Å². The first-order valence-electron chi connectivity index (χ1n) is 4.34. The molecular formula is C9H17NO3S. The van der Waals surface area contributed by atoms with Gasteiger partial charge in [-0.15, -0.1) is 0 Å². The van der Waals surface area contributed by atoms with Gasteiger partial charge in [0.15, 0.2) is 0 Å². The summed E-state index contributed by atoms with van der Waals surface area (Å²) in [5.41, 5.74) is 0.803. The van der Waals surface area contributed by atoms with Crippen LogP contribution in [0.25, 0.3) is 0 Å².